The van der Waals surface area contributed by atoms with E-state index < -0.39 is 22.9 Å². The monoisotopic (exact) mass is 416 g/mol. The molecule has 9 heteroatoms. The number of esters is 1. The second-order valence-electron chi connectivity index (χ2n) is 6.91. The minimum Gasteiger partial charge on any atom is -0.496 e. The SMILES string of the molecule is COc1ccc(NC(=O)[C@@H](C)OC(=O)c2ccc(OCC(C)C)cc2)c([N+](=O)[O-])c1. The molecule has 1 atom stereocenters. The molecule has 1 N–H and O–H groups in total. The quantitative estimate of drug-likeness (QED) is 0.375. The van der Waals surface area contributed by atoms with Crippen LogP contribution in [-0.4, -0.2) is 36.6 Å². The highest BCUT2D eigenvalue weighted by atomic mass is 16.6. The Labute approximate surface area is 174 Å². The molecular weight excluding hydrogens is 392 g/mol. The van der Waals surface area contributed by atoms with Crippen LogP contribution in [0.2, 0.25) is 0 Å². The van der Waals surface area contributed by atoms with Gasteiger partial charge in [-0.05, 0) is 49.2 Å². The van der Waals surface area contributed by atoms with Gasteiger partial charge in [0, 0.05) is 0 Å². The van der Waals surface area contributed by atoms with Crippen molar-refractivity contribution in [3.05, 3.63) is 58.1 Å². The maximum atomic E-state index is 12.3. The number of methoxy groups -OCH3 is 1. The lowest BCUT2D eigenvalue weighted by Crippen LogP contribution is -2.30. The molecule has 0 aromatic heterocycles. The number of carbonyl (C=O) groups excluding carboxylic acids is 2. The summed E-state index contributed by atoms with van der Waals surface area (Å²) < 4.78 is 15.7. The number of hydrogen-bond acceptors (Lipinski definition) is 7. The van der Waals surface area contributed by atoms with Gasteiger partial charge in [0.05, 0.1) is 30.3 Å². The molecule has 2 aromatic rings. The second-order valence-corrected chi connectivity index (χ2v) is 6.91. The van der Waals surface area contributed by atoms with Crippen molar-refractivity contribution in [1.82, 2.24) is 0 Å². The summed E-state index contributed by atoms with van der Waals surface area (Å²) in [5, 5.41) is 13.6. The zero-order valence-electron chi connectivity index (χ0n) is 17.2. The molecule has 0 saturated heterocycles. The van der Waals surface area contributed by atoms with Crippen LogP contribution >= 0.6 is 0 Å². The molecule has 2 aromatic carbocycles. The fraction of sp³-hybridized carbons (Fsp3) is 0.333. The number of anilines is 1. The van der Waals surface area contributed by atoms with Crippen LogP contribution in [0, 0.1) is 16.0 Å². The van der Waals surface area contributed by atoms with Crippen molar-refractivity contribution < 1.29 is 28.7 Å². The Hall–Kier alpha value is -3.62. The molecule has 0 aliphatic heterocycles. The molecule has 30 heavy (non-hydrogen) atoms. The minimum absolute atomic E-state index is 0.0275. The van der Waals surface area contributed by atoms with Crippen molar-refractivity contribution in [3.8, 4) is 11.5 Å². The third kappa shape index (κ3) is 6.20. The first-order valence-corrected chi connectivity index (χ1v) is 9.28. The Morgan fingerprint density at radius 3 is 2.27 bits per heavy atom. The van der Waals surface area contributed by atoms with E-state index >= 15 is 0 Å². The lowest BCUT2D eigenvalue weighted by molar-refractivity contribution is -0.384. The molecule has 0 bridgehead atoms. The van der Waals surface area contributed by atoms with E-state index in [-0.39, 0.29) is 22.7 Å². The molecule has 160 valence electrons. The van der Waals surface area contributed by atoms with Crippen molar-refractivity contribution in [3.63, 3.8) is 0 Å². The number of nitro benzene ring substituents is 1. The maximum absolute atomic E-state index is 12.3. The van der Waals surface area contributed by atoms with Crippen molar-refractivity contribution in [2.75, 3.05) is 19.0 Å². The topological polar surface area (TPSA) is 117 Å². The first kappa shape index (κ1) is 22.7. The summed E-state index contributed by atoms with van der Waals surface area (Å²) in [6.07, 6.45) is -1.17. The zero-order chi connectivity index (χ0) is 22.3. The van der Waals surface area contributed by atoms with Gasteiger partial charge in [-0.1, -0.05) is 13.8 Å². The predicted molar refractivity (Wildman–Crippen MR) is 110 cm³/mol. The fourth-order valence-corrected chi connectivity index (χ4v) is 2.36. The number of amides is 1. The van der Waals surface area contributed by atoms with Gasteiger partial charge < -0.3 is 19.5 Å². The van der Waals surface area contributed by atoms with Crippen LogP contribution in [0.15, 0.2) is 42.5 Å². The van der Waals surface area contributed by atoms with Crippen LogP contribution in [0.4, 0.5) is 11.4 Å². The molecule has 0 spiro atoms. The number of nitro groups is 1. The van der Waals surface area contributed by atoms with Crippen molar-refractivity contribution in [2.45, 2.75) is 26.9 Å². The van der Waals surface area contributed by atoms with Gasteiger partial charge in [-0.15, -0.1) is 0 Å². The summed E-state index contributed by atoms with van der Waals surface area (Å²) in [7, 11) is 1.38. The number of nitrogens with zero attached hydrogens (tertiary/aromatic N) is 1. The van der Waals surface area contributed by atoms with E-state index in [9.17, 15) is 19.7 Å². The largest absolute Gasteiger partial charge is 0.496 e. The predicted octanol–water partition coefficient (Wildman–Crippen LogP) is 3.82. The Morgan fingerprint density at radius 1 is 1.07 bits per heavy atom. The average Bonchev–Trinajstić information content (AvgIpc) is 2.72. The number of benzene rings is 2. The smallest absolute Gasteiger partial charge is 0.338 e. The molecule has 9 nitrogen and oxygen atoms in total. The molecule has 0 radical (unpaired) electrons. The van der Waals surface area contributed by atoms with Gasteiger partial charge in [0.1, 0.15) is 17.2 Å². The Kier molecular flexibility index (Phi) is 7.74. The third-order valence-electron chi connectivity index (χ3n) is 3.99. The summed E-state index contributed by atoms with van der Waals surface area (Å²) in [6, 6.07) is 10.4. The zero-order valence-corrected chi connectivity index (χ0v) is 17.2. The van der Waals surface area contributed by atoms with Crippen molar-refractivity contribution in [1.29, 1.82) is 0 Å². The number of rotatable bonds is 9. The van der Waals surface area contributed by atoms with Gasteiger partial charge in [-0.3, -0.25) is 14.9 Å². The molecule has 1 amide bonds. The van der Waals surface area contributed by atoms with E-state index in [1.165, 1.54) is 44.4 Å². The Balaban J connectivity index is 2.00. The van der Waals surface area contributed by atoms with E-state index in [0.29, 0.717) is 18.3 Å². The van der Waals surface area contributed by atoms with Crippen LogP contribution in [0.1, 0.15) is 31.1 Å². The second kappa shape index (κ2) is 10.2. The average molecular weight is 416 g/mol. The lowest BCUT2D eigenvalue weighted by Gasteiger charge is -2.14. The minimum atomic E-state index is -1.17. The summed E-state index contributed by atoms with van der Waals surface area (Å²) in [6.45, 7) is 5.98. The number of ether oxygens (including phenoxy) is 3. The van der Waals surface area contributed by atoms with Crippen LogP contribution in [-0.2, 0) is 9.53 Å². The van der Waals surface area contributed by atoms with Gasteiger partial charge in [-0.2, -0.15) is 0 Å². The van der Waals surface area contributed by atoms with Crippen LogP contribution in [0.5, 0.6) is 11.5 Å². The molecule has 2 rings (SSSR count). The van der Waals surface area contributed by atoms with Crippen LogP contribution < -0.4 is 14.8 Å². The maximum Gasteiger partial charge on any atom is 0.338 e. The highest BCUT2D eigenvalue weighted by Gasteiger charge is 2.23. The van der Waals surface area contributed by atoms with Gasteiger partial charge in [0.2, 0.25) is 0 Å². The fourth-order valence-electron chi connectivity index (χ4n) is 2.36. The van der Waals surface area contributed by atoms with Crippen molar-refractivity contribution >= 4 is 23.3 Å². The number of hydrogen-bond donors (Lipinski definition) is 1. The summed E-state index contributed by atoms with van der Waals surface area (Å²) >= 11 is 0. The summed E-state index contributed by atoms with van der Waals surface area (Å²) in [5.41, 5.74) is -0.111. The molecular formula is C21H24N2O7. The molecule has 0 heterocycles. The van der Waals surface area contributed by atoms with Crippen molar-refractivity contribution in [2.24, 2.45) is 5.92 Å². The highest BCUT2D eigenvalue weighted by Crippen LogP contribution is 2.29. The summed E-state index contributed by atoms with van der Waals surface area (Å²) in [5.74, 6) is -0.126. The Bertz CT molecular complexity index is 910. The highest BCUT2D eigenvalue weighted by molar-refractivity contribution is 5.98. The van der Waals surface area contributed by atoms with Gasteiger partial charge in [0.25, 0.3) is 11.6 Å². The van der Waals surface area contributed by atoms with E-state index in [1.807, 2.05) is 13.8 Å². The number of carbonyl (C=O) groups is 2. The van der Waals surface area contributed by atoms with Gasteiger partial charge in [-0.25, -0.2) is 4.79 Å². The summed E-state index contributed by atoms with van der Waals surface area (Å²) in [4.78, 5) is 35.2. The van der Waals surface area contributed by atoms with E-state index in [2.05, 4.69) is 5.32 Å². The lowest BCUT2D eigenvalue weighted by atomic mass is 10.2. The molecule has 0 fully saturated rings. The first-order valence-electron chi connectivity index (χ1n) is 9.28. The van der Waals surface area contributed by atoms with E-state index in [4.69, 9.17) is 14.2 Å². The molecule has 0 aliphatic carbocycles. The molecule has 0 saturated carbocycles. The molecule has 0 aliphatic rings. The van der Waals surface area contributed by atoms with Gasteiger partial charge >= 0.3 is 5.97 Å². The van der Waals surface area contributed by atoms with E-state index in [1.54, 1.807) is 12.1 Å². The normalized spacial score (nSPS) is 11.5. The standard InChI is InChI=1S/C21H24N2O7/c1-13(2)12-29-16-7-5-15(6-8-16)21(25)30-14(3)20(24)22-18-10-9-17(28-4)11-19(18)23(26)27/h5-11,13-14H,12H2,1-4H3,(H,22,24)/t14-/m1/s1. The Morgan fingerprint density at radius 2 is 1.70 bits per heavy atom. The van der Waals surface area contributed by atoms with Gasteiger partial charge in [0.15, 0.2) is 6.10 Å². The number of nitrogens with one attached hydrogen (secondary N) is 1. The molecule has 0 unspecified atom stereocenters. The van der Waals surface area contributed by atoms with Crippen LogP contribution in [0.25, 0.3) is 0 Å². The van der Waals surface area contributed by atoms with E-state index in [0.717, 1.165) is 0 Å². The van der Waals surface area contributed by atoms with Crippen LogP contribution in [0.3, 0.4) is 0 Å². The first-order chi connectivity index (χ1) is 14.2. The third-order valence-corrected chi connectivity index (χ3v) is 3.99.